The van der Waals surface area contributed by atoms with Gasteiger partial charge < -0.3 is 14.8 Å². The molecule has 1 amide bonds. The number of carbonyl (C=O) groups is 1. The van der Waals surface area contributed by atoms with Crippen molar-refractivity contribution >= 4 is 5.91 Å². The van der Waals surface area contributed by atoms with Crippen LogP contribution in [0.25, 0.3) is 5.69 Å². The van der Waals surface area contributed by atoms with Gasteiger partial charge in [-0.15, -0.1) is 0 Å². The van der Waals surface area contributed by atoms with Gasteiger partial charge in [-0.2, -0.15) is 5.10 Å². The maximum absolute atomic E-state index is 12.2. The van der Waals surface area contributed by atoms with E-state index in [0.717, 1.165) is 11.3 Å². The zero-order valence-corrected chi connectivity index (χ0v) is 15.3. The lowest BCUT2D eigenvalue weighted by atomic mass is 10.1. The van der Waals surface area contributed by atoms with Crippen molar-refractivity contribution in [3.8, 4) is 17.2 Å². The van der Waals surface area contributed by atoms with Gasteiger partial charge in [0, 0.05) is 0 Å². The maximum atomic E-state index is 12.2. The van der Waals surface area contributed by atoms with E-state index in [-0.39, 0.29) is 18.6 Å². The Balaban J connectivity index is 1.55. The topological polar surface area (TPSA) is 78.3 Å². The van der Waals surface area contributed by atoms with Crippen LogP contribution in [0.15, 0.2) is 61.2 Å². The smallest absolute Gasteiger partial charge is 0.258 e. The van der Waals surface area contributed by atoms with Crippen molar-refractivity contribution < 1.29 is 14.3 Å². The highest BCUT2D eigenvalue weighted by atomic mass is 16.5. The standard InChI is InChI=1S/C20H22N4O3/c1-3-26-18-6-4-5-7-19(18)27-12-20(25)23-15(2)16-8-10-17(11-9-16)24-14-21-13-22-24/h4-11,13-15H,3,12H2,1-2H3,(H,23,25)/t15-/m0/s1. The van der Waals surface area contributed by atoms with Gasteiger partial charge in [-0.3, -0.25) is 4.79 Å². The van der Waals surface area contributed by atoms with E-state index >= 15 is 0 Å². The number of amides is 1. The first kappa shape index (κ1) is 18.4. The summed E-state index contributed by atoms with van der Waals surface area (Å²) in [6.45, 7) is 4.29. The Labute approximate surface area is 158 Å². The summed E-state index contributed by atoms with van der Waals surface area (Å²) in [6, 6.07) is 14.9. The highest BCUT2D eigenvalue weighted by Gasteiger charge is 2.12. The second-order valence-electron chi connectivity index (χ2n) is 5.89. The average Bonchev–Trinajstić information content (AvgIpc) is 3.22. The first-order valence-corrected chi connectivity index (χ1v) is 8.76. The minimum atomic E-state index is -0.200. The second-order valence-corrected chi connectivity index (χ2v) is 5.89. The molecule has 3 aromatic rings. The van der Waals surface area contributed by atoms with E-state index in [0.29, 0.717) is 18.1 Å². The van der Waals surface area contributed by atoms with Crippen LogP contribution in [0.1, 0.15) is 25.5 Å². The summed E-state index contributed by atoms with van der Waals surface area (Å²) < 4.78 is 12.8. The molecule has 0 aliphatic rings. The fourth-order valence-electron chi connectivity index (χ4n) is 2.61. The number of nitrogens with zero attached hydrogens (tertiary/aromatic N) is 3. The van der Waals surface area contributed by atoms with Crippen molar-refractivity contribution in [2.45, 2.75) is 19.9 Å². The first-order valence-electron chi connectivity index (χ1n) is 8.76. The third-order valence-electron chi connectivity index (χ3n) is 3.96. The Hall–Kier alpha value is -3.35. The summed E-state index contributed by atoms with van der Waals surface area (Å²) in [5, 5.41) is 7.02. The Morgan fingerprint density at radius 3 is 2.44 bits per heavy atom. The normalized spacial score (nSPS) is 11.6. The van der Waals surface area contributed by atoms with E-state index in [1.54, 1.807) is 17.1 Å². The lowest BCUT2D eigenvalue weighted by Gasteiger charge is -2.16. The van der Waals surface area contributed by atoms with Crippen LogP contribution < -0.4 is 14.8 Å². The Morgan fingerprint density at radius 2 is 1.81 bits per heavy atom. The second kappa shape index (κ2) is 8.84. The van der Waals surface area contributed by atoms with Gasteiger partial charge in [0.05, 0.1) is 18.3 Å². The number of aromatic nitrogens is 3. The van der Waals surface area contributed by atoms with Crippen molar-refractivity contribution in [3.63, 3.8) is 0 Å². The molecule has 1 N–H and O–H groups in total. The lowest BCUT2D eigenvalue weighted by molar-refractivity contribution is -0.123. The number of para-hydroxylation sites is 2. The Kier molecular flexibility index (Phi) is 6.04. The molecule has 2 aromatic carbocycles. The van der Waals surface area contributed by atoms with Crippen molar-refractivity contribution in [2.75, 3.05) is 13.2 Å². The fraction of sp³-hybridized carbons (Fsp3) is 0.250. The molecule has 1 aromatic heterocycles. The van der Waals surface area contributed by atoms with Crippen LogP contribution in [0.2, 0.25) is 0 Å². The summed E-state index contributed by atoms with van der Waals surface area (Å²) in [6.07, 6.45) is 3.12. The summed E-state index contributed by atoms with van der Waals surface area (Å²) in [5.41, 5.74) is 1.90. The Bertz CT molecular complexity index is 863. The monoisotopic (exact) mass is 366 g/mol. The number of hydrogen-bond donors (Lipinski definition) is 1. The number of rotatable bonds is 8. The molecule has 27 heavy (non-hydrogen) atoms. The number of hydrogen-bond acceptors (Lipinski definition) is 5. The highest BCUT2D eigenvalue weighted by molar-refractivity contribution is 5.78. The van der Waals surface area contributed by atoms with Crippen molar-refractivity contribution in [1.82, 2.24) is 20.1 Å². The van der Waals surface area contributed by atoms with Crippen LogP contribution in [-0.4, -0.2) is 33.9 Å². The molecule has 0 unspecified atom stereocenters. The first-order chi connectivity index (χ1) is 13.2. The van der Waals surface area contributed by atoms with Gasteiger partial charge in [0.1, 0.15) is 12.7 Å². The predicted octanol–water partition coefficient (Wildman–Crippen LogP) is 2.92. The van der Waals surface area contributed by atoms with Gasteiger partial charge in [0.25, 0.3) is 5.91 Å². The lowest BCUT2D eigenvalue weighted by Crippen LogP contribution is -2.31. The van der Waals surface area contributed by atoms with Gasteiger partial charge in [0.15, 0.2) is 18.1 Å². The fourth-order valence-corrected chi connectivity index (χ4v) is 2.61. The van der Waals surface area contributed by atoms with Crippen LogP contribution >= 0.6 is 0 Å². The van der Waals surface area contributed by atoms with E-state index in [4.69, 9.17) is 9.47 Å². The molecule has 1 atom stereocenters. The van der Waals surface area contributed by atoms with Gasteiger partial charge in [-0.05, 0) is 43.7 Å². The quantitative estimate of drug-likeness (QED) is 0.663. The maximum Gasteiger partial charge on any atom is 0.258 e. The van der Waals surface area contributed by atoms with Crippen molar-refractivity contribution in [2.24, 2.45) is 0 Å². The molecule has 0 saturated carbocycles. The minimum absolute atomic E-state index is 0.0779. The molecule has 7 heteroatoms. The average molecular weight is 366 g/mol. The van der Waals surface area contributed by atoms with Gasteiger partial charge in [-0.25, -0.2) is 9.67 Å². The third kappa shape index (κ3) is 4.84. The van der Waals surface area contributed by atoms with Crippen LogP contribution in [0.3, 0.4) is 0 Å². The van der Waals surface area contributed by atoms with Crippen LogP contribution in [-0.2, 0) is 4.79 Å². The van der Waals surface area contributed by atoms with Gasteiger partial charge in [0.2, 0.25) is 0 Å². The predicted molar refractivity (Wildman–Crippen MR) is 101 cm³/mol. The number of benzene rings is 2. The third-order valence-corrected chi connectivity index (χ3v) is 3.96. The molecule has 140 valence electrons. The summed E-state index contributed by atoms with van der Waals surface area (Å²) in [4.78, 5) is 16.2. The zero-order valence-electron chi connectivity index (χ0n) is 15.3. The molecule has 0 fully saturated rings. The highest BCUT2D eigenvalue weighted by Crippen LogP contribution is 2.26. The summed E-state index contributed by atoms with van der Waals surface area (Å²) >= 11 is 0. The SMILES string of the molecule is CCOc1ccccc1OCC(=O)N[C@@H](C)c1ccc(-n2cncn2)cc1. The molecular weight excluding hydrogens is 344 g/mol. The molecule has 0 spiro atoms. The number of ether oxygens (including phenoxy) is 2. The number of nitrogens with one attached hydrogen (secondary N) is 1. The van der Waals surface area contributed by atoms with Crippen LogP contribution in [0.4, 0.5) is 0 Å². The van der Waals surface area contributed by atoms with E-state index in [9.17, 15) is 4.79 Å². The molecule has 7 nitrogen and oxygen atoms in total. The molecular formula is C20H22N4O3. The van der Waals surface area contributed by atoms with E-state index in [1.807, 2.05) is 56.3 Å². The van der Waals surface area contributed by atoms with Gasteiger partial charge in [-0.1, -0.05) is 24.3 Å². The molecule has 0 bridgehead atoms. The number of carbonyl (C=O) groups excluding carboxylic acids is 1. The van der Waals surface area contributed by atoms with Crippen molar-refractivity contribution in [3.05, 3.63) is 66.7 Å². The largest absolute Gasteiger partial charge is 0.490 e. The van der Waals surface area contributed by atoms with E-state index < -0.39 is 0 Å². The molecule has 0 radical (unpaired) electrons. The molecule has 3 rings (SSSR count). The zero-order chi connectivity index (χ0) is 19.1. The molecule has 1 heterocycles. The molecule has 0 aliphatic carbocycles. The van der Waals surface area contributed by atoms with Crippen molar-refractivity contribution in [1.29, 1.82) is 0 Å². The summed E-state index contributed by atoms with van der Waals surface area (Å²) in [5.74, 6) is 0.984. The molecule has 0 aliphatic heterocycles. The molecule has 0 saturated heterocycles. The summed E-state index contributed by atoms with van der Waals surface area (Å²) in [7, 11) is 0. The van der Waals surface area contributed by atoms with E-state index in [2.05, 4.69) is 15.4 Å². The van der Waals surface area contributed by atoms with E-state index in [1.165, 1.54) is 6.33 Å². The van der Waals surface area contributed by atoms with Gasteiger partial charge >= 0.3 is 0 Å². The van der Waals surface area contributed by atoms with Crippen LogP contribution in [0.5, 0.6) is 11.5 Å². The van der Waals surface area contributed by atoms with Crippen LogP contribution in [0, 0.1) is 0 Å². The Morgan fingerprint density at radius 1 is 1.11 bits per heavy atom. The minimum Gasteiger partial charge on any atom is -0.490 e.